The lowest BCUT2D eigenvalue weighted by Crippen LogP contribution is -2.52. The first-order valence-electron chi connectivity index (χ1n) is 9.77. The molecule has 4 N–H and O–H groups in total. The van der Waals surface area contributed by atoms with E-state index in [0.29, 0.717) is 12.4 Å². The Morgan fingerprint density at radius 2 is 1.93 bits per heavy atom. The standard InChI is InChI=1S/C20H32N4O4/c1-6-28-18-15(16(21)25)11-12(2)17(23-18)22-13-7-9-14(10-8-13)24(19(26)27)20(3,4)5/h11,13-14H,6-10H2,1-5H3,(H2,21,25)(H,22,23)(H,26,27)/t13-,14-. The molecule has 8 heteroatoms. The first kappa shape index (κ1) is 21.8. The summed E-state index contributed by atoms with van der Waals surface area (Å²) in [4.78, 5) is 29.3. The Hall–Kier alpha value is -2.51. The van der Waals surface area contributed by atoms with Gasteiger partial charge in [0, 0.05) is 17.6 Å². The number of carbonyl (C=O) groups is 2. The van der Waals surface area contributed by atoms with Crippen molar-refractivity contribution in [2.75, 3.05) is 11.9 Å². The minimum atomic E-state index is -0.871. The van der Waals surface area contributed by atoms with Crippen LogP contribution in [0.25, 0.3) is 0 Å². The first-order valence-corrected chi connectivity index (χ1v) is 9.77. The van der Waals surface area contributed by atoms with E-state index in [1.54, 1.807) is 11.0 Å². The monoisotopic (exact) mass is 392 g/mol. The van der Waals surface area contributed by atoms with Gasteiger partial charge in [0.25, 0.3) is 5.91 Å². The molecule has 1 aromatic heterocycles. The van der Waals surface area contributed by atoms with Gasteiger partial charge in [-0.15, -0.1) is 0 Å². The molecule has 0 radical (unpaired) electrons. The number of nitrogens with one attached hydrogen (secondary N) is 1. The minimum absolute atomic E-state index is 0.0147. The number of hydrogen-bond acceptors (Lipinski definition) is 5. The molecular weight excluding hydrogens is 360 g/mol. The maximum Gasteiger partial charge on any atom is 0.407 e. The van der Waals surface area contributed by atoms with Crippen LogP contribution in [0, 0.1) is 6.92 Å². The quantitative estimate of drug-likeness (QED) is 0.683. The number of primary amides is 1. The Kier molecular flexibility index (Phi) is 6.74. The number of aryl methyl sites for hydroxylation is 1. The molecule has 0 spiro atoms. The summed E-state index contributed by atoms with van der Waals surface area (Å²) in [6.07, 6.45) is 2.39. The molecule has 0 aromatic carbocycles. The van der Waals surface area contributed by atoms with Crippen molar-refractivity contribution in [2.45, 2.75) is 77.9 Å². The molecule has 1 heterocycles. The van der Waals surface area contributed by atoms with Gasteiger partial charge in [0.15, 0.2) is 0 Å². The number of aromatic nitrogens is 1. The number of carbonyl (C=O) groups excluding carboxylic acids is 1. The summed E-state index contributed by atoms with van der Waals surface area (Å²) < 4.78 is 5.47. The lowest BCUT2D eigenvalue weighted by atomic mass is 9.88. The summed E-state index contributed by atoms with van der Waals surface area (Å²) in [6, 6.07) is 1.90. The molecule has 0 saturated heterocycles. The molecule has 0 unspecified atom stereocenters. The van der Waals surface area contributed by atoms with Crippen molar-refractivity contribution < 1.29 is 19.4 Å². The summed E-state index contributed by atoms with van der Waals surface area (Å²) >= 11 is 0. The van der Waals surface area contributed by atoms with Gasteiger partial charge in [0.05, 0.1) is 6.61 Å². The molecule has 0 bridgehead atoms. The number of nitrogens with zero attached hydrogens (tertiary/aromatic N) is 2. The molecular formula is C20H32N4O4. The fourth-order valence-electron chi connectivity index (χ4n) is 3.83. The molecule has 28 heavy (non-hydrogen) atoms. The van der Waals surface area contributed by atoms with Crippen LogP contribution in [0.5, 0.6) is 5.88 Å². The Labute approximate surface area is 166 Å². The van der Waals surface area contributed by atoms with Crippen molar-refractivity contribution in [3.05, 3.63) is 17.2 Å². The van der Waals surface area contributed by atoms with Gasteiger partial charge in [-0.25, -0.2) is 4.79 Å². The Balaban J connectivity index is 2.09. The third-order valence-corrected chi connectivity index (χ3v) is 5.06. The van der Waals surface area contributed by atoms with Crippen LogP contribution in [-0.4, -0.2) is 51.2 Å². The molecule has 2 amide bonds. The summed E-state index contributed by atoms with van der Waals surface area (Å²) in [7, 11) is 0. The highest BCUT2D eigenvalue weighted by Gasteiger charge is 2.35. The highest BCUT2D eigenvalue weighted by atomic mass is 16.5. The third-order valence-electron chi connectivity index (χ3n) is 5.06. The van der Waals surface area contributed by atoms with Gasteiger partial charge >= 0.3 is 6.09 Å². The summed E-state index contributed by atoms with van der Waals surface area (Å²) in [5.41, 5.74) is 6.09. The second-order valence-corrected chi connectivity index (χ2v) is 8.28. The summed E-state index contributed by atoms with van der Waals surface area (Å²) in [5.74, 6) is 0.339. The molecule has 1 fully saturated rings. The van der Waals surface area contributed by atoms with Crippen LogP contribution in [0.3, 0.4) is 0 Å². The molecule has 0 aliphatic heterocycles. The van der Waals surface area contributed by atoms with Gasteiger partial charge in [0.2, 0.25) is 5.88 Å². The number of nitrogens with two attached hydrogens (primary N) is 1. The normalized spacial score (nSPS) is 19.8. The van der Waals surface area contributed by atoms with Gasteiger partial charge in [-0.2, -0.15) is 4.98 Å². The molecule has 1 aliphatic rings. The molecule has 2 rings (SSSR count). The largest absolute Gasteiger partial charge is 0.477 e. The number of pyridine rings is 1. The van der Waals surface area contributed by atoms with E-state index in [9.17, 15) is 14.7 Å². The molecule has 1 aromatic rings. The smallest absolute Gasteiger partial charge is 0.407 e. The van der Waals surface area contributed by atoms with Crippen LogP contribution >= 0.6 is 0 Å². The predicted octanol–water partition coefficient (Wildman–Crippen LogP) is 3.39. The zero-order chi connectivity index (χ0) is 21.1. The van der Waals surface area contributed by atoms with Crippen molar-refractivity contribution in [3.63, 3.8) is 0 Å². The van der Waals surface area contributed by atoms with Gasteiger partial charge in [-0.3, -0.25) is 4.79 Å². The lowest BCUT2D eigenvalue weighted by molar-refractivity contribution is 0.0556. The minimum Gasteiger partial charge on any atom is -0.477 e. The van der Waals surface area contributed by atoms with E-state index in [2.05, 4.69) is 10.3 Å². The van der Waals surface area contributed by atoms with Crippen LogP contribution in [0.15, 0.2) is 6.07 Å². The van der Waals surface area contributed by atoms with Crippen LogP contribution < -0.4 is 15.8 Å². The number of ether oxygens (including phenoxy) is 1. The second kappa shape index (κ2) is 8.67. The number of hydrogen-bond donors (Lipinski definition) is 3. The van der Waals surface area contributed by atoms with Crippen molar-refractivity contribution in [3.8, 4) is 5.88 Å². The van der Waals surface area contributed by atoms with E-state index in [4.69, 9.17) is 10.5 Å². The maximum atomic E-state index is 11.7. The average Bonchev–Trinajstić information content (AvgIpc) is 2.57. The maximum absolute atomic E-state index is 11.7. The summed E-state index contributed by atoms with van der Waals surface area (Å²) in [5, 5.41) is 13.0. The van der Waals surface area contributed by atoms with Gasteiger partial charge < -0.3 is 25.8 Å². The van der Waals surface area contributed by atoms with Crippen molar-refractivity contribution in [2.24, 2.45) is 5.73 Å². The first-order chi connectivity index (χ1) is 13.0. The summed E-state index contributed by atoms with van der Waals surface area (Å²) in [6.45, 7) is 9.86. The highest BCUT2D eigenvalue weighted by molar-refractivity contribution is 5.95. The highest BCUT2D eigenvalue weighted by Crippen LogP contribution is 2.31. The van der Waals surface area contributed by atoms with Crippen molar-refractivity contribution in [1.82, 2.24) is 9.88 Å². The Bertz CT molecular complexity index is 722. The number of rotatable bonds is 6. The molecule has 0 atom stereocenters. The fourth-order valence-corrected chi connectivity index (χ4v) is 3.83. The van der Waals surface area contributed by atoms with Crippen LogP contribution in [0.4, 0.5) is 10.6 Å². The van der Waals surface area contributed by atoms with Gasteiger partial charge in [0.1, 0.15) is 11.4 Å². The lowest BCUT2D eigenvalue weighted by Gasteiger charge is -2.42. The zero-order valence-electron chi connectivity index (χ0n) is 17.4. The van der Waals surface area contributed by atoms with E-state index < -0.39 is 17.5 Å². The van der Waals surface area contributed by atoms with E-state index in [1.165, 1.54) is 0 Å². The zero-order valence-corrected chi connectivity index (χ0v) is 17.4. The number of amides is 2. The third kappa shape index (κ3) is 5.05. The fraction of sp³-hybridized carbons (Fsp3) is 0.650. The molecule has 156 valence electrons. The molecule has 8 nitrogen and oxygen atoms in total. The number of anilines is 1. The Morgan fingerprint density at radius 1 is 1.32 bits per heavy atom. The van der Waals surface area contributed by atoms with E-state index in [1.807, 2.05) is 34.6 Å². The number of carboxylic acid groups (broad SMARTS) is 1. The van der Waals surface area contributed by atoms with Gasteiger partial charge in [-0.05, 0) is 71.9 Å². The Morgan fingerprint density at radius 3 is 2.39 bits per heavy atom. The second-order valence-electron chi connectivity index (χ2n) is 8.28. The van der Waals surface area contributed by atoms with E-state index in [0.717, 1.165) is 31.2 Å². The van der Waals surface area contributed by atoms with E-state index >= 15 is 0 Å². The molecule has 1 aliphatic carbocycles. The predicted molar refractivity (Wildman–Crippen MR) is 108 cm³/mol. The van der Waals surface area contributed by atoms with Crippen molar-refractivity contribution in [1.29, 1.82) is 0 Å². The van der Waals surface area contributed by atoms with E-state index in [-0.39, 0.29) is 23.5 Å². The van der Waals surface area contributed by atoms with Crippen LogP contribution in [0.2, 0.25) is 0 Å². The SMILES string of the molecule is CCOc1nc(N[C@H]2CC[C@H](N(C(=O)O)C(C)(C)C)CC2)c(C)cc1C(N)=O. The van der Waals surface area contributed by atoms with Crippen molar-refractivity contribution >= 4 is 17.8 Å². The average molecular weight is 393 g/mol. The van der Waals surface area contributed by atoms with Crippen LogP contribution in [0.1, 0.15) is 69.3 Å². The van der Waals surface area contributed by atoms with Gasteiger partial charge in [-0.1, -0.05) is 0 Å². The molecule has 1 saturated carbocycles. The van der Waals surface area contributed by atoms with Crippen LogP contribution in [-0.2, 0) is 0 Å². The topological polar surface area (TPSA) is 118 Å².